The third-order valence-corrected chi connectivity index (χ3v) is 5.03. The standard InChI is InChI=1S/C14H12ClN5S/c15-10-5-2-1-4-9(10)12-8-11(13-6-3-7-21-13)16-14-17-18-19-20(12)14/h1-7,11-12H,8H2,(H,16,17,19)/t11-,12-/m0/s1. The van der Waals surface area contributed by atoms with Gasteiger partial charge in [-0.25, -0.2) is 4.68 Å². The largest absolute Gasteiger partial charge is 0.345 e. The quantitative estimate of drug-likeness (QED) is 0.785. The number of hydrogen-bond acceptors (Lipinski definition) is 5. The first-order valence-electron chi connectivity index (χ1n) is 6.65. The van der Waals surface area contributed by atoms with Crippen LogP contribution in [-0.2, 0) is 0 Å². The van der Waals surface area contributed by atoms with Gasteiger partial charge in [0.05, 0.1) is 12.1 Å². The van der Waals surface area contributed by atoms with Crippen LogP contribution in [0.3, 0.4) is 0 Å². The van der Waals surface area contributed by atoms with Gasteiger partial charge >= 0.3 is 0 Å². The van der Waals surface area contributed by atoms with Crippen molar-refractivity contribution in [3.05, 3.63) is 57.2 Å². The highest BCUT2D eigenvalue weighted by Crippen LogP contribution is 2.40. The van der Waals surface area contributed by atoms with E-state index in [0.29, 0.717) is 5.95 Å². The summed E-state index contributed by atoms with van der Waals surface area (Å²) >= 11 is 8.10. The lowest BCUT2D eigenvalue weighted by atomic mass is 9.97. The molecular weight excluding hydrogens is 306 g/mol. The van der Waals surface area contributed by atoms with Gasteiger partial charge in [0, 0.05) is 9.90 Å². The Morgan fingerprint density at radius 3 is 2.95 bits per heavy atom. The van der Waals surface area contributed by atoms with Crippen molar-refractivity contribution >= 4 is 28.9 Å². The second-order valence-electron chi connectivity index (χ2n) is 4.93. The molecule has 4 rings (SSSR count). The van der Waals surface area contributed by atoms with Crippen molar-refractivity contribution in [3.63, 3.8) is 0 Å². The molecule has 2 aromatic heterocycles. The van der Waals surface area contributed by atoms with E-state index < -0.39 is 0 Å². The number of tetrazole rings is 1. The Bertz CT molecular complexity index is 754. The zero-order chi connectivity index (χ0) is 14.2. The molecule has 1 aromatic carbocycles. The van der Waals surface area contributed by atoms with Crippen LogP contribution in [0.2, 0.25) is 5.02 Å². The summed E-state index contributed by atoms with van der Waals surface area (Å²) in [6.45, 7) is 0. The maximum atomic E-state index is 6.36. The highest BCUT2D eigenvalue weighted by Gasteiger charge is 2.31. The molecule has 0 amide bonds. The second-order valence-corrected chi connectivity index (χ2v) is 6.32. The van der Waals surface area contributed by atoms with Gasteiger partial charge in [-0.05, 0) is 39.9 Å². The summed E-state index contributed by atoms with van der Waals surface area (Å²) in [6, 6.07) is 12.3. The molecule has 3 aromatic rings. The van der Waals surface area contributed by atoms with Crippen LogP contribution < -0.4 is 5.32 Å². The number of halogens is 1. The molecule has 1 N–H and O–H groups in total. The summed E-state index contributed by atoms with van der Waals surface area (Å²) in [5.41, 5.74) is 1.05. The van der Waals surface area contributed by atoms with Gasteiger partial charge in [0.1, 0.15) is 0 Å². The molecule has 0 fully saturated rings. The van der Waals surface area contributed by atoms with Crippen molar-refractivity contribution in [2.24, 2.45) is 0 Å². The Balaban J connectivity index is 1.78. The van der Waals surface area contributed by atoms with E-state index in [-0.39, 0.29) is 12.1 Å². The van der Waals surface area contributed by atoms with Crippen LogP contribution in [0.1, 0.15) is 28.9 Å². The van der Waals surface area contributed by atoms with E-state index in [1.807, 2.05) is 28.9 Å². The van der Waals surface area contributed by atoms with Crippen molar-refractivity contribution < 1.29 is 0 Å². The fourth-order valence-electron chi connectivity index (χ4n) is 2.72. The molecule has 0 bridgehead atoms. The number of nitrogens with one attached hydrogen (secondary N) is 1. The summed E-state index contributed by atoms with van der Waals surface area (Å²) in [5.74, 6) is 0.685. The first kappa shape index (κ1) is 12.8. The van der Waals surface area contributed by atoms with Crippen LogP contribution in [0.15, 0.2) is 41.8 Å². The van der Waals surface area contributed by atoms with Gasteiger partial charge in [-0.1, -0.05) is 41.0 Å². The van der Waals surface area contributed by atoms with Crippen molar-refractivity contribution in [1.29, 1.82) is 0 Å². The van der Waals surface area contributed by atoms with Crippen LogP contribution in [0.4, 0.5) is 5.95 Å². The van der Waals surface area contributed by atoms with Crippen LogP contribution >= 0.6 is 22.9 Å². The van der Waals surface area contributed by atoms with E-state index in [2.05, 4.69) is 38.4 Å². The van der Waals surface area contributed by atoms with Crippen molar-refractivity contribution in [1.82, 2.24) is 20.2 Å². The molecule has 1 aliphatic heterocycles. The van der Waals surface area contributed by atoms with Gasteiger partial charge in [0.25, 0.3) is 0 Å². The number of rotatable bonds is 2. The minimum Gasteiger partial charge on any atom is -0.345 e. The van der Waals surface area contributed by atoms with Gasteiger partial charge in [-0.2, -0.15) is 0 Å². The Hall–Kier alpha value is -1.92. The van der Waals surface area contributed by atoms with E-state index in [9.17, 15) is 0 Å². The van der Waals surface area contributed by atoms with Gasteiger partial charge in [-0.3, -0.25) is 0 Å². The molecule has 0 radical (unpaired) electrons. The molecule has 21 heavy (non-hydrogen) atoms. The molecule has 5 nitrogen and oxygen atoms in total. The maximum Gasteiger partial charge on any atom is 0.244 e. The lowest BCUT2D eigenvalue weighted by Crippen LogP contribution is -2.27. The van der Waals surface area contributed by atoms with E-state index in [4.69, 9.17) is 11.6 Å². The Morgan fingerprint density at radius 1 is 1.24 bits per heavy atom. The molecule has 0 aliphatic carbocycles. The molecule has 1 aliphatic rings. The minimum atomic E-state index is 0.0389. The van der Waals surface area contributed by atoms with Gasteiger partial charge in [-0.15, -0.1) is 11.3 Å². The molecule has 7 heteroatoms. The van der Waals surface area contributed by atoms with Crippen LogP contribution in [0, 0.1) is 0 Å². The number of fused-ring (bicyclic) bond motifs is 1. The molecule has 2 atom stereocenters. The van der Waals surface area contributed by atoms with E-state index in [1.165, 1.54) is 4.88 Å². The Labute approximate surface area is 130 Å². The topological polar surface area (TPSA) is 55.6 Å². The number of aromatic nitrogens is 4. The number of hydrogen-bond donors (Lipinski definition) is 1. The van der Waals surface area contributed by atoms with E-state index >= 15 is 0 Å². The number of benzene rings is 1. The third kappa shape index (κ3) is 2.20. The van der Waals surface area contributed by atoms with E-state index in [0.717, 1.165) is 17.0 Å². The monoisotopic (exact) mass is 317 g/mol. The lowest BCUT2D eigenvalue weighted by molar-refractivity contribution is 0.426. The first-order chi connectivity index (χ1) is 10.3. The van der Waals surface area contributed by atoms with Crippen LogP contribution in [0.5, 0.6) is 0 Å². The molecular formula is C14H12ClN5S. The predicted octanol–water partition coefficient (Wildman–Crippen LogP) is 3.53. The zero-order valence-electron chi connectivity index (χ0n) is 11.0. The smallest absolute Gasteiger partial charge is 0.244 e. The summed E-state index contributed by atoms with van der Waals surface area (Å²) in [4.78, 5) is 1.28. The molecule has 0 unspecified atom stereocenters. The highest BCUT2D eigenvalue weighted by atomic mass is 35.5. The van der Waals surface area contributed by atoms with Gasteiger partial charge in [0.15, 0.2) is 0 Å². The molecule has 106 valence electrons. The average molecular weight is 318 g/mol. The normalized spacial score (nSPS) is 20.8. The van der Waals surface area contributed by atoms with Crippen molar-refractivity contribution in [2.75, 3.05) is 5.32 Å². The summed E-state index contributed by atoms with van der Waals surface area (Å²) in [7, 11) is 0. The molecule has 0 saturated carbocycles. The first-order valence-corrected chi connectivity index (χ1v) is 7.91. The fourth-order valence-corrected chi connectivity index (χ4v) is 3.77. The predicted molar refractivity (Wildman–Crippen MR) is 82.7 cm³/mol. The molecule has 0 spiro atoms. The average Bonchev–Trinajstić information content (AvgIpc) is 3.18. The van der Waals surface area contributed by atoms with Crippen molar-refractivity contribution in [2.45, 2.75) is 18.5 Å². The number of anilines is 1. The van der Waals surface area contributed by atoms with Gasteiger partial charge < -0.3 is 5.32 Å². The number of nitrogens with zero attached hydrogens (tertiary/aromatic N) is 4. The third-order valence-electron chi connectivity index (χ3n) is 3.70. The lowest BCUT2D eigenvalue weighted by Gasteiger charge is -2.30. The zero-order valence-corrected chi connectivity index (χ0v) is 12.6. The SMILES string of the molecule is Clc1ccccc1[C@@H]1C[C@@H](c2cccs2)Nc2nnnn21. The van der Waals surface area contributed by atoms with Gasteiger partial charge in [0.2, 0.25) is 5.95 Å². The minimum absolute atomic E-state index is 0.0389. The summed E-state index contributed by atoms with van der Waals surface area (Å²) in [5, 5.41) is 18.2. The molecule has 3 heterocycles. The Kier molecular flexibility index (Phi) is 3.12. The molecule has 0 saturated heterocycles. The summed E-state index contributed by atoms with van der Waals surface area (Å²) in [6.07, 6.45) is 0.863. The fraction of sp³-hybridized carbons (Fsp3) is 0.214. The van der Waals surface area contributed by atoms with Crippen LogP contribution in [-0.4, -0.2) is 20.2 Å². The van der Waals surface area contributed by atoms with Crippen molar-refractivity contribution in [3.8, 4) is 0 Å². The van der Waals surface area contributed by atoms with Crippen LogP contribution in [0.25, 0.3) is 0 Å². The Morgan fingerprint density at radius 2 is 2.14 bits per heavy atom. The summed E-state index contributed by atoms with van der Waals surface area (Å²) < 4.78 is 1.81. The second kappa shape index (κ2) is 5.13. The number of thiophene rings is 1. The highest BCUT2D eigenvalue weighted by molar-refractivity contribution is 7.10. The van der Waals surface area contributed by atoms with E-state index in [1.54, 1.807) is 11.3 Å². The maximum absolute atomic E-state index is 6.36.